The fourth-order valence-electron chi connectivity index (χ4n) is 3.85. The summed E-state index contributed by atoms with van der Waals surface area (Å²) in [5.74, 6) is 1.68. The second-order valence-electron chi connectivity index (χ2n) is 8.23. The SMILES string of the molecule is Cc1nc(NCCc2ccccc2)c2sc3nc4c(cc3c2n1)COC(C)(C)C4. The van der Waals surface area contributed by atoms with E-state index in [1.54, 1.807) is 11.3 Å². The Labute approximate surface area is 174 Å². The quantitative estimate of drug-likeness (QED) is 0.515. The van der Waals surface area contributed by atoms with E-state index in [0.717, 1.165) is 57.2 Å². The van der Waals surface area contributed by atoms with Crippen molar-refractivity contribution in [3.05, 3.63) is 59.0 Å². The number of hydrogen-bond acceptors (Lipinski definition) is 6. The molecule has 0 saturated heterocycles. The first kappa shape index (κ1) is 18.5. The highest BCUT2D eigenvalue weighted by Crippen LogP contribution is 2.38. The average Bonchev–Trinajstić information content (AvgIpc) is 3.04. The third-order valence-electron chi connectivity index (χ3n) is 5.35. The first-order valence-electron chi connectivity index (χ1n) is 10.00. The van der Waals surface area contributed by atoms with Gasteiger partial charge in [-0.1, -0.05) is 30.3 Å². The normalized spacial score (nSPS) is 15.6. The van der Waals surface area contributed by atoms with Crippen LogP contribution >= 0.6 is 11.3 Å². The molecule has 0 saturated carbocycles. The molecule has 1 aliphatic heterocycles. The predicted molar refractivity (Wildman–Crippen MR) is 119 cm³/mol. The average molecular weight is 405 g/mol. The number of benzene rings is 1. The maximum atomic E-state index is 5.99. The molecule has 3 aromatic heterocycles. The minimum absolute atomic E-state index is 0.162. The zero-order valence-corrected chi connectivity index (χ0v) is 17.8. The van der Waals surface area contributed by atoms with Crippen molar-refractivity contribution in [3.8, 4) is 0 Å². The zero-order chi connectivity index (χ0) is 20.0. The third kappa shape index (κ3) is 3.58. The van der Waals surface area contributed by atoms with Crippen LogP contribution in [0.5, 0.6) is 0 Å². The van der Waals surface area contributed by atoms with Crippen molar-refractivity contribution < 1.29 is 4.74 Å². The van der Waals surface area contributed by atoms with Crippen LogP contribution in [0.4, 0.5) is 5.82 Å². The van der Waals surface area contributed by atoms with Gasteiger partial charge in [0.1, 0.15) is 16.5 Å². The first-order chi connectivity index (χ1) is 14.0. The maximum absolute atomic E-state index is 5.99. The van der Waals surface area contributed by atoms with Crippen LogP contribution in [0.1, 0.15) is 36.5 Å². The lowest BCUT2D eigenvalue weighted by atomic mass is 9.95. The van der Waals surface area contributed by atoms with Gasteiger partial charge in [0.05, 0.1) is 28.1 Å². The van der Waals surface area contributed by atoms with Crippen molar-refractivity contribution in [2.24, 2.45) is 0 Å². The second kappa shape index (κ2) is 7.04. The summed E-state index contributed by atoms with van der Waals surface area (Å²) in [6.07, 6.45) is 1.79. The van der Waals surface area contributed by atoms with Crippen LogP contribution in [-0.2, 0) is 24.2 Å². The summed E-state index contributed by atoms with van der Waals surface area (Å²) in [6, 6.07) is 12.7. The predicted octanol–water partition coefficient (Wildman–Crippen LogP) is 5.05. The Kier molecular flexibility index (Phi) is 4.48. The fourth-order valence-corrected chi connectivity index (χ4v) is 4.94. The molecule has 0 amide bonds. The van der Waals surface area contributed by atoms with Gasteiger partial charge in [0, 0.05) is 23.9 Å². The van der Waals surface area contributed by atoms with E-state index in [-0.39, 0.29) is 5.60 Å². The number of aromatic nitrogens is 3. The minimum Gasteiger partial charge on any atom is -0.370 e. The first-order valence-corrected chi connectivity index (χ1v) is 10.8. The molecule has 1 aliphatic rings. The van der Waals surface area contributed by atoms with Crippen LogP contribution in [0.25, 0.3) is 20.4 Å². The molecular weight excluding hydrogens is 380 g/mol. The molecule has 0 aliphatic carbocycles. The van der Waals surface area contributed by atoms with Gasteiger partial charge < -0.3 is 10.1 Å². The van der Waals surface area contributed by atoms with Gasteiger partial charge in [-0.3, -0.25) is 0 Å². The smallest absolute Gasteiger partial charge is 0.147 e. The van der Waals surface area contributed by atoms with E-state index < -0.39 is 0 Å². The molecular formula is C23H24N4OS. The Morgan fingerprint density at radius 2 is 1.97 bits per heavy atom. The van der Waals surface area contributed by atoms with E-state index in [1.807, 2.05) is 13.0 Å². The van der Waals surface area contributed by atoms with E-state index in [9.17, 15) is 0 Å². The fraction of sp³-hybridized carbons (Fsp3) is 0.348. The number of rotatable bonds is 4. The molecule has 1 N–H and O–H groups in total. The van der Waals surface area contributed by atoms with Gasteiger partial charge in [-0.2, -0.15) is 0 Å². The highest BCUT2D eigenvalue weighted by Gasteiger charge is 2.28. The third-order valence-corrected chi connectivity index (χ3v) is 6.44. The number of ether oxygens (including phenoxy) is 1. The number of nitrogens with zero attached hydrogens (tertiary/aromatic N) is 3. The molecule has 0 radical (unpaired) electrons. The Hall–Kier alpha value is -2.57. The lowest BCUT2D eigenvalue weighted by molar-refractivity contribution is -0.0411. The monoisotopic (exact) mass is 404 g/mol. The summed E-state index contributed by atoms with van der Waals surface area (Å²) in [5.41, 5.74) is 4.45. The van der Waals surface area contributed by atoms with Gasteiger partial charge in [0.15, 0.2) is 0 Å². The topological polar surface area (TPSA) is 59.9 Å². The van der Waals surface area contributed by atoms with Crippen LogP contribution in [0, 0.1) is 6.92 Å². The largest absolute Gasteiger partial charge is 0.370 e. The number of fused-ring (bicyclic) bond motifs is 4. The van der Waals surface area contributed by atoms with E-state index >= 15 is 0 Å². The molecule has 0 unspecified atom stereocenters. The Morgan fingerprint density at radius 1 is 1.14 bits per heavy atom. The van der Waals surface area contributed by atoms with Crippen LogP contribution in [-0.4, -0.2) is 27.1 Å². The molecule has 1 aromatic carbocycles. The molecule has 0 spiro atoms. The summed E-state index contributed by atoms with van der Waals surface area (Å²) in [4.78, 5) is 15.5. The van der Waals surface area contributed by atoms with Crippen LogP contribution in [0.2, 0.25) is 0 Å². The molecule has 0 fully saturated rings. The molecule has 6 heteroatoms. The van der Waals surface area contributed by atoms with Crippen molar-refractivity contribution in [2.45, 2.75) is 45.8 Å². The molecule has 0 bridgehead atoms. The van der Waals surface area contributed by atoms with Gasteiger partial charge in [-0.25, -0.2) is 15.0 Å². The van der Waals surface area contributed by atoms with Gasteiger partial charge in [0.2, 0.25) is 0 Å². The summed E-state index contributed by atoms with van der Waals surface area (Å²) in [5, 5.41) is 4.63. The standard InChI is InChI=1S/C23H24N4OS/c1-14-25-19-17-11-16-13-28-23(2,3)12-18(16)27-22(17)29-20(19)21(26-14)24-10-9-15-7-5-4-6-8-15/h4-8,11H,9-10,12-13H2,1-3H3,(H,24,25,26). The maximum Gasteiger partial charge on any atom is 0.147 e. The second-order valence-corrected chi connectivity index (χ2v) is 9.23. The number of nitrogens with one attached hydrogen (secondary N) is 1. The molecule has 29 heavy (non-hydrogen) atoms. The van der Waals surface area contributed by atoms with Crippen LogP contribution in [0.3, 0.4) is 0 Å². The van der Waals surface area contributed by atoms with Crippen LogP contribution < -0.4 is 5.32 Å². The van der Waals surface area contributed by atoms with Gasteiger partial charge >= 0.3 is 0 Å². The van der Waals surface area contributed by atoms with Gasteiger partial charge in [0.25, 0.3) is 0 Å². The number of pyridine rings is 1. The minimum atomic E-state index is -0.162. The Balaban J connectivity index is 1.51. The summed E-state index contributed by atoms with van der Waals surface area (Å²) < 4.78 is 7.07. The lowest BCUT2D eigenvalue weighted by Gasteiger charge is -2.30. The number of anilines is 1. The van der Waals surface area contributed by atoms with Crippen molar-refractivity contribution >= 4 is 37.6 Å². The summed E-state index contributed by atoms with van der Waals surface area (Å²) in [6.45, 7) is 7.63. The molecule has 5 rings (SSSR count). The summed E-state index contributed by atoms with van der Waals surface area (Å²) >= 11 is 1.68. The Morgan fingerprint density at radius 3 is 2.79 bits per heavy atom. The lowest BCUT2D eigenvalue weighted by Crippen LogP contribution is -2.32. The van der Waals surface area contributed by atoms with Crippen molar-refractivity contribution in [1.29, 1.82) is 0 Å². The zero-order valence-electron chi connectivity index (χ0n) is 17.0. The van der Waals surface area contributed by atoms with Crippen molar-refractivity contribution in [1.82, 2.24) is 15.0 Å². The van der Waals surface area contributed by atoms with Gasteiger partial charge in [-0.05, 0) is 38.8 Å². The number of aryl methyl sites for hydroxylation is 1. The highest BCUT2D eigenvalue weighted by molar-refractivity contribution is 7.25. The van der Waals surface area contributed by atoms with Crippen molar-refractivity contribution in [2.75, 3.05) is 11.9 Å². The van der Waals surface area contributed by atoms with E-state index in [2.05, 4.69) is 54.5 Å². The molecule has 4 aromatic rings. The summed E-state index contributed by atoms with van der Waals surface area (Å²) in [7, 11) is 0. The van der Waals surface area contributed by atoms with E-state index in [1.165, 1.54) is 11.1 Å². The highest BCUT2D eigenvalue weighted by atomic mass is 32.1. The molecule has 4 heterocycles. The molecule has 0 atom stereocenters. The Bertz CT molecular complexity index is 1200. The number of hydrogen-bond donors (Lipinski definition) is 1. The molecule has 148 valence electrons. The van der Waals surface area contributed by atoms with Crippen LogP contribution in [0.15, 0.2) is 36.4 Å². The van der Waals surface area contributed by atoms with E-state index in [0.29, 0.717) is 6.61 Å². The van der Waals surface area contributed by atoms with Crippen molar-refractivity contribution in [3.63, 3.8) is 0 Å². The van der Waals surface area contributed by atoms with E-state index in [4.69, 9.17) is 14.7 Å². The number of thiophene rings is 1. The van der Waals surface area contributed by atoms with Gasteiger partial charge in [-0.15, -0.1) is 11.3 Å². The molecule has 5 nitrogen and oxygen atoms in total.